The van der Waals surface area contributed by atoms with E-state index in [1.165, 1.54) is 19.0 Å². The lowest BCUT2D eigenvalue weighted by Crippen LogP contribution is -2.70. The fourth-order valence-corrected chi connectivity index (χ4v) is 8.07. The Bertz CT molecular complexity index is 1440. The second-order valence-electron chi connectivity index (χ2n) is 13.2. The number of carbonyl (C=O) groups excluding carboxylic acids is 3. The molecule has 4 aliphatic rings. The highest BCUT2D eigenvalue weighted by Gasteiger charge is 2.68. The second kappa shape index (κ2) is 11.6. The van der Waals surface area contributed by atoms with E-state index < -0.39 is 69.9 Å². The van der Waals surface area contributed by atoms with E-state index in [-0.39, 0.29) is 22.9 Å². The monoisotopic (exact) mass is 611 g/mol. The molecule has 1 aliphatic heterocycles. The fraction of sp³-hybridized carbons (Fsp3) is 0.606. The van der Waals surface area contributed by atoms with E-state index >= 15 is 0 Å². The number of hydrogen-bond donors (Lipinski definition) is 5. The molecule has 1 saturated heterocycles. The fourth-order valence-electron chi connectivity index (χ4n) is 8.07. The summed E-state index contributed by atoms with van der Waals surface area (Å²) in [5.41, 5.74) is -2.81. The Balaban J connectivity index is 1.69. The molecule has 44 heavy (non-hydrogen) atoms. The zero-order valence-corrected chi connectivity index (χ0v) is 26.4. The van der Waals surface area contributed by atoms with E-state index in [0.29, 0.717) is 17.8 Å². The predicted octanol–water partition coefficient (Wildman–Crippen LogP) is 2.30. The van der Waals surface area contributed by atoms with Crippen LogP contribution in [0.3, 0.4) is 0 Å². The zero-order valence-electron chi connectivity index (χ0n) is 26.4. The summed E-state index contributed by atoms with van der Waals surface area (Å²) in [7, 11) is 5.13. The van der Waals surface area contributed by atoms with Crippen LogP contribution in [0.15, 0.2) is 29.0 Å². The number of nitrogens with zero attached hydrogens (tertiary/aromatic N) is 3. The number of unbranched alkanes of at least 4 members (excludes halogenated alkanes) is 1. The minimum Gasteiger partial charge on any atom is -0.508 e. The predicted molar refractivity (Wildman–Crippen MR) is 165 cm³/mol. The number of phenolic OH excluding ortho intramolecular Hbond substituents is 1. The standard InChI is InChI=1S/C33H45N3O8/c1-7-8-13-36(18-11-14-35(6)15-12-18)20-10-9-19-16(2)21-24(28(39)23(19)27(20)38)32(43)33(44)25(29(21)40)26(34(4)5)30(41)22(17(3)37)31(33)42/h9-10,16,18,21,25-26,29,38-40,42,44H,7-8,11-15H2,1-6H3/t16-,21+,25+,26-,29-,33+/m0/s1. The summed E-state index contributed by atoms with van der Waals surface area (Å²) in [5, 5.41) is 58.6. The molecule has 1 saturated carbocycles. The first-order valence-electron chi connectivity index (χ1n) is 15.5. The number of carbonyl (C=O) groups is 3. The van der Waals surface area contributed by atoms with Gasteiger partial charge in [-0.3, -0.25) is 19.3 Å². The van der Waals surface area contributed by atoms with Gasteiger partial charge in [0.25, 0.3) is 0 Å². The first-order chi connectivity index (χ1) is 20.7. The summed E-state index contributed by atoms with van der Waals surface area (Å²) in [6.07, 6.45) is 2.06. The first-order valence-corrected chi connectivity index (χ1v) is 15.5. The van der Waals surface area contributed by atoms with E-state index in [2.05, 4.69) is 23.8 Å². The lowest BCUT2D eigenvalue weighted by Gasteiger charge is -2.53. The van der Waals surface area contributed by atoms with Gasteiger partial charge in [-0.1, -0.05) is 26.3 Å². The maximum atomic E-state index is 14.3. The number of ketones is 3. The third kappa shape index (κ3) is 4.58. The molecule has 11 heteroatoms. The molecule has 0 radical (unpaired) electrons. The van der Waals surface area contributed by atoms with Gasteiger partial charge in [-0.15, -0.1) is 0 Å². The van der Waals surface area contributed by atoms with Gasteiger partial charge in [0, 0.05) is 24.1 Å². The van der Waals surface area contributed by atoms with Crippen LogP contribution in [0.2, 0.25) is 0 Å². The number of piperidine rings is 1. The summed E-state index contributed by atoms with van der Waals surface area (Å²) >= 11 is 0. The topological polar surface area (TPSA) is 162 Å². The van der Waals surface area contributed by atoms with Crippen molar-refractivity contribution < 1.29 is 39.9 Å². The molecule has 1 heterocycles. The maximum Gasteiger partial charge on any atom is 0.202 e. The molecule has 1 aromatic rings. The van der Waals surface area contributed by atoms with Crippen molar-refractivity contribution in [3.05, 3.63) is 40.2 Å². The summed E-state index contributed by atoms with van der Waals surface area (Å²) < 4.78 is 0. The van der Waals surface area contributed by atoms with Crippen molar-refractivity contribution in [2.75, 3.05) is 45.7 Å². The molecule has 0 amide bonds. The van der Waals surface area contributed by atoms with Crippen molar-refractivity contribution in [1.82, 2.24) is 9.80 Å². The molecule has 11 nitrogen and oxygen atoms in total. The van der Waals surface area contributed by atoms with E-state index in [1.807, 2.05) is 6.07 Å². The van der Waals surface area contributed by atoms with E-state index in [0.717, 1.165) is 45.7 Å². The number of likely N-dealkylation sites (tertiary alicyclic amines) is 1. The van der Waals surface area contributed by atoms with Crippen molar-refractivity contribution >= 4 is 28.8 Å². The molecule has 5 rings (SSSR count). The highest BCUT2D eigenvalue weighted by atomic mass is 16.4. The number of fused-ring (bicyclic) bond motifs is 3. The van der Waals surface area contributed by atoms with Gasteiger partial charge in [-0.25, -0.2) is 0 Å². The number of likely N-dealkylation sites (N-methyl/N-ethyl adjacent to an activating group) is 1. The summed E-state index contributed by atoms with van der Waals surface area (Å²) in [6, 6.07) is 2.49. The zero-order chi connectivity index (χ0) is 32.4. The van der Waals surface area contributed by atoms with Crippen LogP contribution in [-0.2, 0) is 14.4 Å². The SMILES string of the molecule is CCCCN(c1ccc2c(c1O)C(O)=C1C(=O)[C@]3(O)C(O)=C(C(C)=O)C(=O)[C@@H](N(C)C)[C@@H]3[C@@H](O)[C@@H]1[C@H]2C)C1CCN(C)CC1. The number of benzene rings is 1. The largest absolute Gasteiger partial charge is 0.508 e. The summed E-state index contributed by atoms with van der Waals surface area (Å²) in [4.78, 5) is 46.1. The van der Waals surface area contributed by atoms with E-state index in [4.69, 9.17) is 0 Å². The molecule has 0 bridgehead atoms. The van der Waals surface area contributed by atoms with Crippen LogP contribution in [0, 0.1) is 11.8 Å². The van der Waals surface area contributed by atoms with Crippen molar-refractivity contribution in [1.29, 1.82) is 0 Å². The normalized spacial score (nSPS) is 31.2. The van der Waals surface area contributed by atoms with Gasteiger partial charge in [0.1, 0.15) is 22.8 Å². The molecule has 0 aromatic heterocycles. The van der Waals surface area contributed by atoms with Gasteiger partial charge in [-0.05, 0) is 78.0 Å². The minimum atomic E-state index is -2.85. The number of phenols is 1. The average molecular weight is 612 g/mol. The molecule has 2 fully saturated rings. The molecular weight excluding hydrogens is 566 g/mol. The van der Waals surface area contributed by atoms with E-state index in [1.54, 1.807) is 13.0 Å². The first kappa shape index (κ1) is 32.2. The third-order valence-electron chi connectivity index (χ3n) is 10.4. The number of aliphatic hydroxyl groups excluding tert-OH is 3. The van der Waals surface area contributed by atoms with Crippen LogP contribution in [0.25, 0.3) is 5.76 Å². The van der Waals surface area contributed by atoms with Crippen molar-refractivity contribution in [3.8, 4) is 5.75 Å². The Morgan fingerprint density at radius 2 is 1.75 bits per heavy atom. The molecule has 0 unspecified atom stereocenters. The quantitative estimate of drug-likeness (QED) is 0.288. The van der Waals surface area contributed by atoms with Crippen LogP contribution < -0.4 is 4.90 Å². The van der Waals surface area contributed by atoms with Gasteiger partial charge in [0.2, 0.25) is 5.78 Å². The number of anilines is 1. The number of aromatic hydroxyl groups is 1. The van der Waals surface area contributed by atoms with Crippen LogP contribution in [-0.4, -0.2) is 117 Å². The third-order valence-corrected chi connectivity index (χ3v) is 10.4. The Labute approximate surface area is 258 Å². The molecule has 6 atom stereocenters. The molecule has 240 valence electrons. The van der Waals surface area contributed by atoms with Crippen molar-refractivity contribution in [2.24, 2.45) is 11.8 Å². The van der Waals surface area contributed by atoms with Crippen LogP contribution in [0.1, 0.15) is 63.5 Å². The lowest BCUT2D eigenvalue weighted by molar-refractivity contribution is -0.169. The Morgan fingerprint density at radius 1 is 1.11 bits per heavy atom. The number of rotatable bonds is 7. The Morgan fingerprint density at radius 3 is 2.32 bits per heavy atom. The van der Waals surface area contributed by atoms with E-state index in [9.17, 15) is 39.9 Å². The molecule has 3 aliphatic carbocycles. The van der Waals surface area contributed by atoms with Gasteiger partial charge in [-0.2, -0.15) is 0 Å². The molecule has 1 aromatic carbocycles. The van der Waals surface area contributed by atoms with Gasteiger partial charge in [0.05, 0.1) is 29.3 Å². The lowest BCUT2D eigenvalue weighted by atomic mass is 9.54. The highest BCUT2D eigenvalue weighted by molar-refractivity contribution is 6.25. The Hall–Kier alpha value is -3.25. The van der Waals surface area contributed by atoms with Gasteiger partial charge < -0.3 is 35.3 Å². The maximum absolute atomic E-state index is 14.3. The summed E-state index contributed by atoms with van der Waals surface area (Å²) in [5.74, 6) is -7.84. The van der Waals surface area contributed by atoms with Crippen molar-refractivity contribution in [3.63, 3.8) is 0 Å². The second-order valence-corrected chi connectivity index (χ2v) is 13.2. The minimum absolute atomic E-state index is 0.0459. The number of aliphatic hydroxyl groups is 4. The number of hydrogen-bond acceptors (Lipinski definition) is 11. The van der Waals surface area contributed by atoms with Crippen LogP contribution in [0.4, 0.5) is 5.69 Å². The van der Waals surface area contributed by atoms with Crippen LogP contribution >= 0.6 is 0 Å². The highest BCUT2D eigenvalue weighted by Crippen LogP contribution is 2.57. The average Bonchev–Trinajstić information content (AvgIpc) is 2.96. The summed E-state index contributed by atoms with van der Waals surface area (Å²) in [6.45, 7) is 7.42. The van der Waals surface area contributed by atoms with Crippen molar-refractivity contribution in [2.45, 2.75) is 76.2 Å². The molecular formula is C33H45N3O8. The smallest absolute Gasteiger partial charge is 0.202 e. The van der Waals surface area contributed by atoms with Gasteiger partial charge >= 0.3 is 0 Å². The van der Waals surface area contributed by atoms with Gasteiger partial charge in [0.15, 0.2) is 17.2 Å². The van der Waals surface area contributed by atoms with Crippen LogP contribution in [0.5, 0.6) is 5.75 Å². The Kier molecular flexibility index (Phi) is 8.47. The molecule has 5 N–H and O–H groups in total. The molecule has 0 spiro atoms. The number of Topliss-reactive ketones (excluding diaryl/α,β-unsaturated/α-hetero) is 3.